The molecule has 14 heavy (non-hydrogen) atoms. The van der Waals surface area contributed by atoms with Crippen molar-refractivity contribution >= 4 is 55.5 Å². The second-order valence-electron chi connectivity index (χ2n) is 2.65. The Morgan fingerprint density at radius 1 is 1.57 bits per heavy atom. The van der Waals surface area contributed by atoms with Gasteiger partial charge in [0.2, 0.25) is 0 Å². The van der Waals surface area contributed by atoms with E-state index in [1.165, 1.54) is 0 Å². The number of hydrogen-bond donors (Lipinski definition) is 1. The van der Waals surface area contributed by atoms with Gasteiger partial charge in [0, 0.05) is 9.86 Å². The predicted octanol–water partition coefficient (Wildman–Crippen LogP) is 2.93. The van der Waals surface area contributed by atoms with Crippen LogP contribution in [0.5, 0.6) is 0 Å². The number of hydrogen-bond acceptors (Lipinski definition) is 2. The summed E-state index contributed by atoms with van der Waals surface area (Å²) in [6.07, 6.45) is -1.07. The zero-order valence-corrected chi connectivity index (χ0v) is 10.5. The summed E-state index contributed by atoms with van der Waals surface area (Å²) >= 11 is 5.34. The third kappa shape index (κ3) is 1.52. The van der Waals surface area contributed by atoms with Gasteiger partial charge in [-0.3, -0.25) is 0 Å². The Bertz CT molecular complexity index is 523. The summed E-state index contributed by atoms with van der Waals surface area (Å²) < 4.78 is 2.57. The van der Waals surface area contributed by atoms with Crippen molar-refractivity contribution in [1.29, 1.82) is 0 Å². The average molecular weight is 367 g/mol. The Morgan fingerprint density at radius 3 is 2.93 bits per heavy atom. The molecule has 1 aromatic carbocycles. The van der Waals surface area contributed by atoms with Crippen LogP contribution < -0.4 is 0 Å². The molecular formula is C8H4BrIN2O2. The molecule has 1 aromatic heterocycles. The van der Waals surface area contributed by atoms with Crippen LogP contribution >= 0.6 is 38.5 Å². The third-order valence-corrected chi connectivity index (χ3v) is 3.07. The predicted molar refractivity (Wildman–Crippen MR) is 63.6 cm³/mol. The maximum Gasteiger partial charge on any atom is 0.432 e. The summed E-state index contributed by atoms with van der Waals surface area (Å²) in [4.78, 5) is 10.8. The molecule has 0 spiro atoms. The molecule has 0 atom stereocenters. The standard InChI is InChI=1S/C8H4BrIN2O2/c9-4-1-2-6-5(3-4)7(10)11-12(6)8(13)14/h1-3H,(H,13,14). The SMILES string of the molecule is O=C(O)n1nc(I)c2cc(Br)ccc21. The Hall–Kier alpha value is -0.630. The Balaban J connectivity index is 2.84. The van der Waals surface area contributed by atoms with Gasteiger partial charge >= 0.3 is 6.09 Å². The highest BCUT2D eigenvalue weighted by Crippen LogP contribution is 2.23. The molecule has 6 heteroatoms. The van der Waals surface area contributed by atoms with Gasteiger partial charge in [0.05, 0.1) is 5.52 Å². The molecule has 72 valence electrons. The summed E-state index contributed by atoms with van der Waals surface area (Å²) in [6.45, 7) is 0. The normalized spacial score (nSPS) is 10.7. The number of nitrogens with zero attached hydrogens (tertiary/aromatic N) is 2. The van der Waals surface area contributed by atoms with Crippen molar-refractivity contribution in [2.24, 2.45) is 0 Å². The van der Waals surface area contributed by atoms with E-state index in [0.29, 0.717) is 9.22 Å². The minimum atomic E-state index is -1.07. The van der Waals surface area contributed by atoms with Crippen LogP contribution in [0.25, 0.3) is 10.9 Å². The zero-order valence-electron chi connectivity index (χ0n) is 6.74. The molecule has 0 saturated heterocycles. The van der Waals surface area contributed by atoms with Crippen LogP contribution in [0.15, 0.2) is 22.7 Å². The molecule has 0 fully saturated rings. The lowest BCUT2D eigenvalue weighted by Crippen LogP contribution is -2.09. The number of benzene rings is 1. The topological polar surface area (TPSA) is 55.1 Å². The maximum absolute atomic E-state index is 10.8. The molecule has 0 amide bonds. The van der Waals surface area contributed by atoms with Gasteiger partial charge < -0.3 is 5.11 Å². The number of aromatic nitrogens is 2. The molecular weight excluding hydrogens is 363 g/mol. The van der Waals surface area contributed by atoms with Crippen LogP contribution in [0.2, 0.25) is 0 Å². The molecule has 0 unspecified atom stereocenters. The molecule has 0 bridgehead atoms. The van der Waals surface area contributed by atoms with Crippen molar-refractivity contribution in [3.63, 3.8) is 0 Å². The second kappa shape index (κ2) is 3.50. The van der Waals surface area contributed by atoms with Crippen molar-refractivity contribution in [3.05, 3.63) is 26.4 Å². The van der Waals surface area contributed by atoms with Gasteiger partial charge in [-0.1, -0.05) is 15.9 Å². The van der Waals surface area contributed by atoms with Crippen molar-refractivity contribution in [2.75, 3.05) is 0 Å². The van der Waals surface area contributed by atoms with E-state index in [1.54, 1.807) is 12.1 Å². The van der Waals surface area contributed by atoms with Gasteiger partial charge in [-0.15, -0.1) is 0 Å². The second-order valence-corrected chi connectivity index (χ2v) is 4.58. The summed E-state index contributed by atoms with van der Waals surface area (Å²) in [6, 6.07) is 5.37. The van der Waals surface area contributed by atoms with Gasteiger partial charge in [0.1, 0.15) is 3.70 Å². The van der Waals surface area contributed by atoms with Gasteiger partial charge in [-0.05, 0) is 40.8 Å². The van der Waals surface area contributed by atoms with Crippen LogP contribution in [0.4, 0.5) is 4.79 Å². The molecule has 4 nitrogen and oxygen atoms in total. The van der Waals surface area contributed by atoms with Gasteiger partial charge in [0.15, 0.2) is 0 Å². The highest BCUT2D eigenvalue weighted by molar-refractivity contribution is 14.1. The largest absolute Gasteiger partial charge is 0.463 e. The van der Waals surface area contributed by atoms with E-state index in [-0.39, 0.29) is 0 Å². The fourth-order valence-corrected chi connectivity index (χ4v) is 2.21. The number of carboxylic acid groups (broad SMARTS) is 1. The quantitative estimate of drug-likeness (QED) is 0.729. The first-order chi connectivity index (χ1) is 6.59. The minimum Gasteiger partial charge on any atom is -0.463 e. The minimum absolute atomic E-state index is 0.602. The van der Waals surface area contributed by atoms with Crippen LogP contribution in [0.1, 0.15) is 0 Å². The van der Waals surface area contributed by atoms with E-state index in [0.717, 1.165) is 14.5 Å². The Labute approximate surface area is 101 Å². The van der Waals surface area contributed by atoms with E-state index < -0.39 is 6.09 Å². The molecule has 0 saturated carbocycles. The molecule has 2 rings (SSSR count). The molecule has 1 N–H and O–H groups in total. The molecule has 0 aliphatic carbocycles. The lowest BCUT2D eigenvalue weighted by molar-refractivity contribution is 0.194. The number of carbonyl (C=O) groups is 1. The van der Waals surface area contributed by atoms with Crippen molar-refractivity contribution in [3.8, 4) is 0 Å². The number of rotatable bonds is 0. The molecule has 1 heterocycles. The smallest absolute Gasteiger partial charge is 0.432 e. The first-order valence-corrected chi connectivity index (χ1v) is 5.54. The summed E-state index contributed by atoms with van der Waals surface area (Å²) in [7, 11) is 0. The van der Waals surface area contributed by atoms with E-state index in [9.17, 15) is 4.79 Å². The van der Waals surface area contributed by atoms with E-state index in [4.69, 9.17) is 5.11 Å². The fourth-order valence-electron chi connectivity index (χ4n) is 1.20. The number of fused-ring (bicyclic) bond motifs is 1. The lowest BCUT2D eigenvalue weighted by atomic mass is 10.3. The Kier molecular flexibility index (Phi) is 2.48. The van der Waals surface area contributed by atoms with Crippen molar-refractivity contribution in [2.45, 2.75) is 0 Å². The first kappa shape index (κ1) is 9.91. The highest BCUT2D eigenvalue weighted by atomic mass is 127. The van der Waals surface area contributed by atoms with E-state index >= 15 is 0 Å². The first-order valence-electron chi connectivity index (χ1n) is 3.66. The highest BCUT2D eigenvalue weighted by Gasteiger charge is 2.12. The average Bonchev–Trinajstić information content (AvgIpc) is 2.44. The van der Waals surface area contributed by atoms with Crippen LogP contribution in [0.3, 0.4) is 0 Å². The van der Waals surface area contributed by atoms with Crippen molar-refractivity contribution < 1.29 is 9.90 Å². The van der Waals surface area contributed by atoms with Gasteiger partial charge in [0.25, 0.3) is 0 Å². The molecule has 0 aliphatic rings. The fraction of sp³-hybridized carbons (Fsp3) is 0. The third-order valence-electron chi connectivity index (χ3n) is 1.78. The van der Waals surface area contributed by atoms with Crippen LogP contribution in [-0.2, 0) is 0 Å². The summed E-state index contributed by atoms with van der Waals surface area (Å²) in [5.74, 6) is 0. The summed E-state index contributed by atoms with van der Waals surface area (Å²) in [5, 5.41) is 13.6. The molecule has 2 aromatic rings. The van der Waals surface area contributed by atoms with Gasteiger partial charge in [-0.25, -0.2) is 4.79 Å². The van der Waals surface area contributed by atoms with Crippen LogP contribution in [0, 0.1) is 3.70 Å². The summed E-state index contributed by atoms with van der Waals surface area (Å²) in [5.41, 5.74) is 0.602. The molecule has 0 aliphatic heterocycles. The Morgan fingerprint density at radius 2 is 2.29 bits per heavy atom. The monoisotopic (exact) mass is 366 g/mol. The van der Waals surface area contributed by atoms with Crippen LogP contribution in [-0.4, -0.2) is 21.0 Å². The zero-order chi connectivity index (χ0) is 10.3. The van der Waals surface area contributed by atoms with E-state index in [1.807, 2.05) is 28.7 Å². The maximum atomic E-state index is 10.8. The number of halogens is 2. The molecule has 0 radical (unpaired) electrons. The lowest BCUT2D eigenvalue weighted by Gasteiger charge is -1.94. The van der Waals surface area contributed by atoms with E-state index in [2.05, 4.69) is 21.0 Å². The van der Waals surface area contributed by atoms with Gasteiger partial charge in [-0.2, -0.15) is 9.78 Å². The van der Waals surface area contributed by atoms with Crippen molar-refractivity contribution in [1.82, 2.24) is 9.78 Å².